The second-order valence-corrected chi connectivity index (χ2v) is 6.63. The number of ether oxygens (including phenoxy) is 2. The van der Waals surface area contributed by atoms with E-state index >= 15 is 0 Å². The fourth-order valence-electron chi connectivity index (χ4n) is 3.28. The Hall–Kier alpha value is -2.87. The molecule has 1 fully saturated rings. The van der Waals surface area contributed by atoms with E-state index in [4.69, 9.17) is 14.0 Å². The first kappa shape index (κ1) is 17.5. The van der Waals surface area contributed by atoms with E-state index in [9.17, 15) is 9.59 Å². The second-order valence-electron chi connectivity index (χ2n) is 6.63. The summed E-state index contributed by atoms with van der Waals surface area (Å²) in [6.07, 6.45) is 0. The molecule has 8 heteroatoms. The summed E-state index contributed by atoms with van der Waals surface area (Å²) in [6, 6.07) is 7.01. The Morgan fingerprint density at radius 3 is 2.52 bits per heavy atom. The molecular weight excluding hydrogens is 350 g/mol. The number of rotatable bonds is 2. The normalized spacial score (nSPS) is 17.1. The van der Waals surface area contributed by atoms with Gasteiger partial charge in [0.25, 0.3) is 11.8 Å². The van der Waals surface area contributed by atoms with Gasteiger partial charge in [-0.3, -0.25) is 9.59 Å². The molecule has 4 rings (SSSR count). The molecule has 0 unspecified atom stereocenters. The van der Waals surface area contributed by atoms with Crippen LogP contribution in [0.15, 0.2) is 28.8 Å². The van der Waals surface area contributed by atoms with E-state index in [-0.39, 0.29) is 17.5 Å². The van der Waals surface area contributed by atoms with E-state index in [2.05, 4.69) is 5.16 Å². The lowest BCUT2D eigenvalue weighted by Gasteiger charge is -2.27. The number of morpholine rings is 1. The molecule has 2 amide bonds. The van der Waals surface area contributed by atoms with Crippen LogP contribution < -0.4 is 4.74 Å². The molecule has 0 bridgehead atoms. The van der Waals surface area contributed by atoms with Crippen LogP contribution in [0.4, 0.5) is 0 Å². The standard InChI is InChI=1S/C19H21N3O5/c1-13-10-16(20-27-13)19(24)22-6-9-26-17-3-2-14(11-15(17)12-22)18(23)21-4-7-25-8-5-21/h2-3,10-11H,4-9,12H2,1H3. The summed E-state index contributed by atoms with van der Waals surface area (Å²) in [5.41, 5.74) is 1.67. The van der Waals surface area contributed by atoms with Crippen LogP contribution >= 0.6 is 0 Å². The molecule has 0 aliphatic carbocycles. The molecule has 0 saturated carbocycles. The van der Waals surface area contributed by atoms with E-state index in [0.29, 0.717) is 63.1 Å². The zero-order chi connectivity index (χ0) is 18.8. The summed E-state index contributed by atoms with van der Waals surface area (Å²) >= 11 is 0. The van der Waals surface area contributed by atoms with Gasteiger partial charge in [-0.1, -0.05) is 5.16 Å². The Balaban J connectivity index is 1.55. The van der Waals surface area contributed by atoms with Crippen molar-refractivity contribution >= 4 is 11.8 Å². The Kier molecular flexibility index (Phi) is 4.81. The largest absolute Gasteiger partial charge is 0.491 e. The lowest BCUT2D eigenvalue weighted by atomic mass is 10.1. The predicted octanol–water partition coefficient (Wildman–Crippen LogP) is 1.49. The number of hydrogen-bond donors (Lipinski definition) is 0. The number of aromatic nitrogens is 1. The van der Waals surface area contributed by atoms with E-state index < -0.39 is 0 Å². The summed E-state index contributed by atoms with van der Waals surface area (Å²) in [5.74, 6) is 1.03. The quantitative estimate of drug-likeness (QED) is 0.795. The molecular formula is C19H21N3O5. The van der Waals surface area contributed by atoms with Crippen molar-refractivity contribution in [2.24, 2.45) is 0 Å². The smallest absolute Gasteiger partial charge is 0.276 e. The number of benzene rings is 1. The monoisotopic (exact) mass is 371 g/mol. The highest BCUT2D eigenvalue weighted by Crippen LogP contribution is 2.26. The number of aryl methyl sites for hydroxylation is 1. The van der Waals surface area contributed by atoms with Gasteiger partial charge < -0.3 is 23.8 Å². The molecule has 3 heterocycles. The van der Waals surface area contributed by atoms with Crippen molar-refractivity contribution in [3.8, 4) is 5.75 Å². The van der Waals surface area contributed by atoms with Gasteiger partial charge in [0.15, 0.2) is 5.69 Å². The minimum atomic E-state index is -0.215. The van der Waals surface area contributed by atoms with Crippen LogP contribution in [0, 0.1) is 6.92 Å². The average Bonchev–Trinajstić information content (AvgIpc) is 3.02. The zero-order valence-corrected chi connectivity index (χ0v) is 15.1. The van der Waals surface area contributed by atoms with Crippen LogP contribution in [-0.4, -0.2) is 66.2 Å². The van der Waals surface area contributed by atoms with Gasteiger partial charge in [0.2, 0.25) is 0 Å². The molecule has 2 aliphatic heterocycles. The maximum Gasteiger partial charge on any atom is 0.276 e. The van der Waals surface area contributed by atoms with E-state index in [0.717, 1.165) is 5.56 Å². The third kappa shape index (κ3) is 3.66. The van der Waals surface area contributed by atoms with Gasteiger partial charge in [0.1, 0.15) is 18.1 Å². The van der Waals surface area contributed by atoms with Gasteiger partial charge >= 0.3 is 0 Å². The number of carbonyl (C=O) groups excluding carboxylic acids is 2. The number of fused-ring (bicyclic) bond motifs is 1. The summed E-state index contributed by atoms with van der Waals surface area (Å²) in [5, 5.41) is 3.80. The van der Waals surface area contributed by atoms with Crippen molar-refractivity contribution in [1.82, 2.24) is 15.0 Å². The van der Waals surface area contributed by atoms with Crippen LogP contribution in [0.3, 0.4) is 0 Å². The van der Waals surface area contributed by atoms with Crippen molar-refractivity contribution in [1.29, 1.82) is 0 Å². The van der Waals surface area contributed by atoms with Gasteiger partial charge in [0, 0.05) is 36.8 Å². The zero-order valence-electron chi connectivity index (χ0n) is 15.1. The first-order valence-corrected chi connectivity index (χ1v) is 8.97. The van der Waals surface area contributed by atoms with Gasteiger partial charge in [0.05, 0.1) is 19.8 Å². The number of nitrogens with zero attached hydrogens (tertiary/aromatic N) is 3. The molecule has 0 N–H and O–H groups in total. The van der Waals surface area contributed by atoms with Gasteiger partial charge in [-0.2, -0.15) is 0 Å². The third-order valence-corrected chi connectivity index (χ3v) is 4.72. The Morgan fingerprint density at radius 1 is 1.00 bits per heavy atom. The van der Waals surface area contributed by atoms with Crippen molar-refractivity contribution in [2.75, 3.05) is 39.5 Å². The van der Waals surface area contributed by atoms with Crippen LogP contribution in [0.1, 0.15) is 32.2 Å². The molecule has 27 heavy (non-hydrogen) atoms. The summed E-state index contributed by atoms with van der Waals surface area (Å²) in [4.78, 5) is 28.9. The van der Waals surface area contributed by atoms with Crippen LogP contribution in [0.5, 0.6) is 5.75 Å². The van der Waals surface area contributed by atoms with Crippen molar-refractivity contribution in [2.45, 2.75) is 13.5 Å². The molecule has 8 nitrogen and oxygen atoms in total. The highest BCUT2D eigenvalue weighted by molar-refractivity contribution is 5.95. The maximum absolute atomic E-state index is 12.7. The molecule has 1 aromatic carbocycles. The first-order valence-electron chi connectivity index (χ1n) is 8.97. The molecule has 1 aromatic heterocycles. The molecule has 1 saturated heterocycles. The highest BCUT2D eigenvalue weighted by atomic mass is 16.5. The Morgan fingerprint density at radius 2 is 1.78 bits per heavy atom. The first-order chi connectivity index (χ1) is 13.1. The lowest BCUT2D eigenvalue weighted by molar-refractivity contribution is 0.0303. The number of carbonyl (C=O) groups is 2. The minimum Gasteiger partial charge on any atom is -0.491 e. The predicted molar refractivity (Wildman–Crippen MR) is 94.6 cm³/mol. The summed E-state index contributed by atoms with van der Waals surface area (Å²) in [6.45, 7) is 5.19. The van der Waals surface area contributed by atoms with Gasteiger partial charge in [-0.15, -0.1) is 0 Å². The molecule has 142 valence electrons. The second kappa shape index (κ2) is 7.40. The fourth-order valence-corrected chi connectivity index (χ4v) is 3.28. The summed E-state index contributed by atoms with van der Waals surface area (Å²) < 4.78 is 16.1. The molecule has 2 aliphatic rings. The fraction of sp³-hybridized carbons (Fsp3) is 0.421. The van der Waals surface area contributed by atoms with Gasteiger partial charge in [-0.05, 0) is 25.1 Å². The Labute approximate surface area is 156 Å². The van der Waals surface area contributed by atoms with E-state index in [1.54, 1.807) is 34.9 Å². The molecule has 0 atom stereocenters. The summed E-state index contributed by atoms with van der Waals surface area (Å²) in [7, 11) is 0. The average molecular weight is 371 g/mol. The molecule has 2 aromatic rings. The van der Waals surface area contributed by atoms with Crippen molar-refractivity contribution < 1.29 is 23.6 Å². The van der Waals surface area contributed by atoms with E-state index in [1.807, 2.05) is 6.07 Å². The maximum atomic E-state index is 12.7. The van der Waals surface area contributed by atoms with E-state index in [1.165, 1.54) is 0 Å². The van der Waals surface area contributed by atoms with Gasteiger partial charge in [-0.25, -0.2) is 0 Å². The number of hydrogen-bond acceptors (Lipinski definition) is 6. The third-order valence-electron chi connectivity index (χ3n) is 4.72. The SMILES string of the molecule is Cc1cc(C(=O)N2CCOc3ccc(C(=O)N4CCOCC4)cc3C2)no1. The molecule has 0 spiro atoms. The Bertz CT molecular complexity index is 857. The number of amides is 2. The van der Waals surface area contributed by atoms with Crippen LogP contribution in [0.2, 0.25) is 0 Å². The lowest BCUT2D eigenvalue weighted by Crippen LogP contribution is -2.40. The van der Waals surface area contributed by atoms with Crippen LogP contribution in [0.25, 0.3) is 0 Å². The highest BCUT2D eigenvalue weighted by Gasteiger charge is 2.25. The molecule has 0 radical (unpaired) electrons. The minimum absolute atomic E-state index is 0.0321. The van der Waals surface area contributed by atoms with Crippen LogP contribution in [-0.2, 0) is 11.3 Å². The van der Waals surface area contributed by atoms with Crippen molar-refractivity contribution in [3.63, 3.8) is 0 Å². The van der Waals surface area contributed by atoms with Crippen molar-refractivity contribution in [3.05, 3.63) is 46.8 Å². The topological polar surface area (TPSA) is 85.1 Å².